The van der Waals surface area contributed by atoms with E-state index in [1.807, 2.05) is 0 Å². The van der Waals surface area contributed by atoms with Crippen LogP contribution in [0.1, 0.15) is 39.0 Å². The highest BCUT2D eigenvalue weighted by Crippen LogP contribution is 2.48. The van der Waals surface area contributed by atoms with Crippen LogP contribution < -0.4 is 5.73 Å². The van der Waals surface area contributed by atoms with E-state index < -0.39 is 0 Å². The molecule has 76 valence electrons. The number of thiocarbonyl (C=S) groups is 1. The smallest absolute Gasteiger partial charge is 0.0733 e. The van der Waals surface area contributed by atoms with E-state index >= 15 is 0 Å². The zero-order chi connectivity index (χ0) is 9.73. The molecule has 1 aliphatic carbocycles. The summed E-state index contributed by atoms with van der Waals surface area (Å²) in [4.78, 5) is 0.636. The van der Waals surface area contributed by atoms with Crippen LogP contribution in [0.5, 0.6) is 0 Å². The summed E-state index contributed by atoms with van der Waals surface area (Å²) in [7, 11) is 0. The summed E-state index contributed by atoms with van der Waals surface area (Å²) >= 11 is 4.91. The summed E-state index contributed by atoms with van der Waals surface area (Å²) < 4.78 is 5.59. The molecule has 3 heteroatoms. The summed E-state index contributed by atoms with van der Waals surface area (Å²) in [6, 6.07) is 0. The van der Waals surface area contributed by atoms with Gasteiger partial charge in [-0.1, -0.05) is 25.6 Å². The molecule has 0 amide bonds. The van der Waals surface area contributed by atoms with Crippen molar-refractivity contribution in [2.75, 3.05) is 13.2 Å². The van der Waals surface area contributed by atoms with Gasteiger partial charge in [-0.2, -0.15) is 0 Å². The maximum Gasteiger partial charge on any atom is 0.0733 e. The normalized spacial score (nSPS) is 18.5. The second-order valence-corrected chi connectivity index (χ2v) is 4.57. The lowest BCUT2D eigenvalue weighted by molar-refractivity contribution is 0.0905. The Morgan fingerprint density at radius 1 is 1.54 bits per heavy atom. The first-order chi connectivity index (χ1) is 6.18. The van der Waals surface area contributed by atoms with Crippen LogP contribution in [0.2, 0.25) is 0 Å². The Morgan fingerprint density at radius 2 is 2.23 bits per heavy atom. The zero-order valence-corrected chi connectivity index (χ0v) is 9.16. The van der Waals surface area contributed by atoms with Crippen molar-refractivity contribution in [3.8, 4) is 0 Å². The van der Waals surface area contributed by atoms with Gasteiger partial charge in [0.2, 0.25) is 0 Å². The predicted octanol–water partition coefficient (Wildman–Crippen LogP) is 2.26. The number of rotatable bonds is 7. The molecule has 0 aliphatic heterocycles. The molecule has 1 fully saturated rings. The van der Waals surface area contributed by atoms with Crippen molar-refractivity contribution in [1.82, 2.24) is 0 Å². The molecule has 0 aromatic carbocycles. The van der Waals surface area contributed by atoms with Gasteiger partial charge in [-0.05, 0) is 19.3 Å². The molecule has 0 bridgehead atoms. The molecule has 2 nitrogen and oxygen atoms in total. The molecule has 0 unspecified atom stereocenters. The number of hydrogen-bond donors (Lipinski definition) is 1. The van der Waals surface area contributed by atoms with Crippen molar-refractivity contribution >= 4 is 17.2 Å². The van der Waals surface area contributed by atoms with E-state index in [1.54, 1.807) is 0 Å². The molecule has 13 heavy (non-hydrogen) atoms. The van der Waals surface area contributed by atoms with Crippen molar-refractivity contribution in [3.05, 3.63) is 0 Å². The van der Waals surface area contributed by atoms with E-state index in [2.05, 4.69) is 6.92 Å². The minimum Gasteiger partial charge on any atom is -0.393 e. The molecule has 1 saturated carbocycles. The van der Waals surface area contributed by atoms with Gasteiger partial charge in [0.1, 0.15) is 0 Å². The van der Waals surface area contributed by atoms with Crippen LogP contribution in [0.3, 0.4) is 0 Å². The quantitative estimate of drug-likeness (QED) is 0.507. The molecule has 0 radical (unpaired) electrons. The van der Waals surface area contributed by atoms with Crippen LogP contribution >= 0.6 is 12.2 Å². The van der Waals surface area contributed by atoms with Crippen LogP contribution in [-0.4, -0.2) is 18.2 Å². The van der Waals surface area contributed by atoms with Crippen LogP contribution in [0.4, 0.5) is 0 Å². The Kier molecular flexibility index (Phi) is 4.13. The van der Waals surface area contributed by atoms with Gasteiger partial charge >= 0.3 is 0 Å². The first-order valence-electron chi connectivity index (χ1n) is 5.05. The van der Waals surface area contributed by atoms with Crippen LogP contribution in [0.25, 0.3) is 0 Å². The van der Waals surface area contributed by atoms with Gasteiger partial charge in [0.05, 0.1) is 11.6 Å². The molecule has 2 N–H and O–H groups in total. The maximum absolute atomic E-state index is 5.59. The summed E-state index contributed by atoms with van der Waals surface area (Å²) in [5.74, 6) is 0. The summed E-state index contributed by atoms with van der Waals surface area (Å²) in [6.45, 7) is 3.91. The Hall–Kier alpha value is -0.150. The first kappa shape index (κ1) is 10.9. The topological polar surface area (TPSA) is 35.2 Å². The van der Waals surface area contributed by atoms with Crippen molar-refractivity contribution in [3.63, 3.8) is 0 Å². The fourth-order valence-corrected chi connectivity index (χ4v) is 1.76. The average Bonchev–Trinajstić information content (AvgIpc) is 2.78. The average molecular weight is 201 g/mol. The molecule has 0 saturated heterocycles. The molecule has 0 spiro atoms. The maximum atomic E-state index is 5.59. The van der Waals surface area contributed by atoms with Gasteiger partial charge in [0.25, 0.3) is 0 Å². The highest BCUT2D eigenvalue weighted by atomic mass is 32.1. The second kappa shape index (κ2) is 4.91. The van der Waals surface area contributed by atoms with E-state index in [4.69, 9.17) is 22.7 Å². The summed E-state index contributed by atoms with van der Waals surface area (Å²) in [5.41, 5.74) is 5.86. The number of ether oxygens (including phenoxy) is 1. The SMILES string of the molecule is CCCCOCC1(CC(N)=S)CC1. The molecule has 0 aromatic heterocycles. The summed E-state index contributed by atoms with van der Waals surface area (Å²) in [6.07, 6.45) is 5.69. The van der Waals surface area contributed by atoms with Crippen molar-refractivity contribution < 1.29 is 4.74 Å². The fraction of sp³-hybridized carbons (Fsp3) is 0.900. The lowest BCUT2D eigenvalue weighted by atomic mass is 10.0. The van der Waals surface area contributed by atoms with Crippen LogP contribution in [-0.2, 0) is 4.74 Å². The predicted molar refractivity (Wildman–Crippen MR) is 58.8 cm³/mol. The Labute approximate surface area is 85.8 Å². The number of hydrogen-bond acceptors (Lipinski definition) is 2. The van der Waals surface area contributed by atoms with E-state index in [0.717, 1.165) is 26.1 Å². The second-order valence-electron chi connectivity index (χ2n) is 4.05. The Morgan fingerprint density at radius 3 is 2.69 bits per heavy atom. The Balaban J connectivity index is 2.09. The zero-order valence-electron chi connectivity index (χ0n) is 8.34. The monoisotopic (exact) mass is 201 g/mol. The van der Waals surface area contributed by atoms with E-state index in [-0.39, 0.29) is 0 Å². The number of nitrogens with two attached hydrogens (primary N) is 1. The van der Waals surface area contributed by atoms with Gasteiger partial charge in [-0.3, -0.25) is 0 Å². The first-order valence-corrected chi connectivity index (χ1v) is 5.45. The third-order valence-corrected chi connectivity index (χ3v) is 2.70. The van der Waals surface area contributed by atoms with Crippen LogP contribution in [0.15, 0.2) is 0 Å². The highest BCUT2D eigenvalue weighted by Gasteiger charge is 2.43. The van der Waals surface area contributed by atoms with Crippen molar-refractivity contribution in [2.24, 2.45) is 11.1 Å². The molecule has 1 aliphatic rings. The molecular weight excluding hydrogens is 182 g/mol. The summed E-state index contributed by atoms with van der Waals surface area (Å²) in [5, 5.41) is 0. The standard InChI is InChI=1S/C10H19NOS/c1-2-3-6-12-8-10(4-5-10)7-9(11)13/h2-8H2,1H3,(H2,11,13). The van der Waals surface area contributed by atoms with Gasteiger partial charge in [-0.15, -0.1) is 0 Å². The Bertz CT molecular complexity index is 178. The lowest BCUT2D eigenvalue weighted by Crippen LogP contribution is -2.19. The fourth-order valence-electron chi connectivity index (χ4n) is 1.45. The third-order valence-electron chi connectivity index (χ3n) is 2.56. The van der Waals surface area contributed by atoms with Crippen molar-refractivity contribution in [2.45, 2.75) is 39.0 Å². The molecule has 1 rings (SSSR count). The third kappa shape index (κ3) is 4.05. The van der Waals surface area contributed by atoms with Crippen LogP contribution in [0, 0.1) is 5.41 Å². The molecular formula is C10H19NOS. The van der Waals surface area contributed by atoms with E-state index in [0.29, 0.717) is 10.4 Å². The molecule has 0 aromatic rings. The van der Waals surface area contributed by atoms with E-state index in [1.165, 1.54) is 19.3 Å². The highest BCUT2D eigenvalue weighted by molar-refractivity contribution is 7.80. The van der Waals surface area contributed by atoms with E-state index in [9.17, 15) is 0 Å². The van der Waals surface area contributed by atoms with Gasteiger partial charge in [0, 0.05) is 18.4 Å². The molecule has 0 atom stereocenters. The van der Waals surface area contributed by atoms with Crippen molar-refractivity contribution in [1.29, 1.82) is 0 Å². The molecule has 0 heterocycles. The number of unbranched alkanes of at least 4 members (excludes halogenated alkanes) is 1. The minimum atomic E-state index is 0.333. The lowest BCUT2D eigenvalue weighted by Gasteiger charge is -2.13. The largest absolute Gasteiger partial charge is 0.393 e. The minimum absolute atomic E-state index is 0.333. The van der Waals surface area contributed by atoms with Gasteiger partial charge in [-0.25, -0.2) is 0 Å². The van der Waals surface area contributed by atoms with Gasteiger partial charge < -0.3 is 10.5 Å². The van der Waals surface area contributed by atoms with Gasteiger partial charge in [0.15, 0.2) is 0 Å².